The van der Waals surface area contributed by atoms with Crippen LogP contribution < -0.4 is 5.43 Å². The largest absolute Gasteiger partial charge is 0.507 e. The molecule has 5 nitrogen and oxygen atoms in total. The predicted octanol–water partition coefficient (Wildman–Crippen LogP) is 2.31. The van der Waals surface area contributed by atoms with Gasteiger partial charge >= 0.3 is 0 Å². The first kappa shape index (κ1) is 13.2. The standard InChI is InChI=1S/C13H10BrN3O2/c14-9-4-5-11(12(18)7-9)13(19)17-16-8-10-3-1-2-6-15-10/h1-8,18H,(H,17,19)/b16-8+. The Hall–Kier alpha value is -2.21. The van der Waals surface area contributed by atoms with Gasteiger partial charge in [0, 0.05) is 10.7 Å². The van der Waals surface area contributed by atoms with Gasteiger partial charge in [-0.15, -0.1) is 0 Å². The van der Waals surface area contributed by atoms with E-state index in [4.69, 9.17) is 0 Å². The van der Waals surface area contributed by atoms with Crippen molar-refractivity contribution in [2.24, 2.45) is 5.10 Å². The Balaban J connectivity index is 2.04. The number of rotatable bonds is 3. The van der Waals surface area contributed by atoms with Crippen LogP contribution in [0.25, 0.3) is 0 Å². The Bertz CT molecular complexity index is 615. The van der Waals surface area contributed by atoms with Crippen LogP contribution in [0.5, 0.6) is 5.75 Å². The zero-order chi connectivity index (χ0) is 13.7. The van der Waals surface area contributed by atoms with E-state index in [0.717, 1.165) is 0 Å². The summed E-state index contributed by atoms with van der Waals surface area (Å²) in [5, 5.41) is 13.4. The number of hydrogen-bond acceptors (Lipinski definition) is 4. The van der Waals surface area contributed by atoms with E-state index in [1.165, 1.54) is 18.3 Å². The van der Waals surface area contributed by atoms with Crippen molar-refractivity contribution in [2.45, 2.75) is 0 Å². The molecule has 0 spiro atoms. The lowest BCUT2D eigenvalue weighted by atomic mass is 10.2. The van der Waals surface area contributed by atoms with Gasteiger partial charge in [0.05, 0.1) is 17.5 Å². The summed E-state index contributed by atoms with van der Waals surface area (Å²) in [6.45, 7) is 0. The van der Waals surface area contributed by atoms with Crippen molar-refractivity contribution in [2.75, 3.05) is 0 Å². The Morgan fingerprint density at radius 3 is 2.89 bits per heavy atom. The summed E-state index contributed by atoms with van der Waals surface area (Å²) >= 11 is 3.20. The number of hydrazone groups is 1. The molecule has 0 radical (unpaired) electrons. The maximum atomic E-state index is 11.7. The summed E-state index contributed by atoms with van der Waals surface area (Å²) in [4.78, 5) is 15.8. The highest BCUT2D eigenvalue weighted by molar-refractivity contribution is 9.10. The van der Waals surface area contributed by atoms with Gasteiger partial charge in [0.25, 0.3) is 5.91 Å². The number of nitrogens with zero attached hydrogens (tertiary/aromatic N) is 2. The topological polar surface area (TPSA) is 74.6 Å². The number of carbonyl (C=O) groups excluding carboxylic acids is 1. The van der Waals surface area contributed by atoms with Crippen LogP contribution in [0.1, 0.15) is 16.1 Å². The molecule has 2 aromatic rings. The molecule has 0 saturated heterocycles. The molecule has 0 aliphatic heterocycles. The fraction of sp³-hybridized carbons (Fsp3) is 0. The summed E-state index contributed by atoms with van der Waals surface area (Å²) in [7, 11) is 0. The number of pyridine rings is 1. The smallest absolute Gasteiger partial charge is 0.275 e. The quantitative estimate of drug-likeness (QED) is 0.673. The third-order valence-corrected chi connectivity index (χ3v) is 2.75. The Kier molecular flexibility index (Phi) is 4.25. The second kappa shape index (κ2) is 6.10. The monoisotopic (exact) mass is 319 g/mol. The minimum absolute atomic E-state index is 0.111. The molecule has 1 amide bonds. The number of aromatic hydroxyl groups is 1. The number of amides is 1. The minimum atomic E-state index is -0.489. The molecule has 0 aliphatic carbocycles. The molecule has 0 saturated carbocycles. The molecule has 6 heteroatoms. The molecule has 1 heterocycles. The van der Waals surface area contributed by atoms with Gasteiger partial charge in [-0.2, -0.15) is 5.10 Å². The second-order valence-electron chi connectivity index (χ2n) is 3.62. The highest BCUT2D eigenvalue weighted by atomic mass is 79.9. The van der Waals surface area contributed by atoms with Crippen molar-refractivity contribution in [1.29, 1.82) is 0 Å². The zero-order valence-electron chi connectivity index (χ0n) is 9.75. The van der Waals surface area contributed by atoms with Gasteiger partial charge in [-0.3, -0.25) is 9.78 Å². The molecule has 0 bridgehead atoms. The molecule has 2 rings (SSSR count). The molecular formula is C13H10BrN3O2. The molecule has 1 aromatic heterocycles. The number of hydrogen-bond donors (Lipinski definition) is 2. The van der Waals surface area contributed by atoms with Gasteiger partial charge in [0.2, 0.25) is 0 Å². The van der Waals surface area contributed by atoms with E-state index in [0.29, 0.717) is 10.2 Å². The molecule has 1 aromatic carbocycles. The van der Waals surface area contributed by atoms with Gasteiger partial charge in [-0.25, -0.2) is 5.43 Å². The molecule has 0 atom stereocenters. The van der Waals surface area contributed by atoms with E-state index in [2.05, 4.69) is 31.4 Å². The van der Waals surface area contributed by atoms with Crippen molar-refractivity contribution < 1.29 is 9.90 Å². The van der Waals surface area contributed by atoms with E-state index < -0.39 is 5.91 Å². The number of halogens is 1. The lowest BCUT2D eigenvalue weighted by molar-refractivity contribution is 0.0952. The number of phenols is 1. The molecular weight excluding hydrogens is 310 g/mol. The van der Waals surface area contributed by atoms with E-state index >= 15 is 0 Å². The van der Waals surface area contributed by atoms with Gasteiger partial charge in [-0.05, 0) is 30.3 Å². The zero-order valence-corrected chi connectivity index (χ0v) is 11.3. The molecule has 0 fully saturated rings. The predicted molar refractivity (Wildman–Crippen MR) is 75.1 cm³/mol. The van der Waals surface area contributed by atoms with Crippen LogP contribution in [0.4, 0.5) is 0 Å². The third-order valence-electron chi connectivity index (χ3n) is 2.26. The Morgan fingerprint density at radius 2 is 2.21 bits per heavy atom. The first-order valence-corrected chi connectivity index (χ1v) is 6.19. The van der Waals surface area contributed by atoms with Crippen LogP contribution in [0.3, 0.4) is 0 Å². The molecule has 2 N–H and O–H groups in total. The van der Waals surface area contributed by atoms with Gasteiger partial charge in [0.15, 0.2) is 0 Å². The number of nitrogens with one attached hydrogen (secondary N) is 1. The van der Waals surface area contributed by atoms with Crippen LogP contribution in [0, 0.1) is 0 Å². The number of aromatic nitrogens is 1. The van der Waals surface area contributed by atoms with Gasteiger partial charge in [-0.1, -0.05) is 22.0 Å². The van der Waals surface area contributed by atoms with Crippen molar-refractivity contribution in [3.63, 3.8) is 0 Å². The Labute approximate surface area is 118 Å². The summed E-state index contributed by atoms with van der Waals surface area (Å²) in [5.41, 5.74) is 3.10. The van der Waals surface area contributed by atoms with Crippen LogP contribution in [-0.4, -0.2) is 22.2 Å². The van der Waals surface area contributed by atoms with Crippen molar-refractivity contribution in [3.05, 3.63) is 58.3 Å². The third kappa shape index (κ3) is 3.62. The SMILES string of the molecule is O=C(N/N=C/c1ccccn1)c1ccc(Br)cc1O. The molecule has 0 aliphatic rings. The summed E-state index contributed by atoms with van der Waals surface area (Å²) in [5.74, 6) is -0.600. The fourth-order valence-electron chi connectivity index (χ4n) is 1.37. The highest BCUT2D eigenvalue weighted by Crippen LogP contribution is 2.21. The van der Waals surface area contributed by atoms with E-state index in [1.807, 2.05) is 6.07 Å². The fourth-order valence-corrected chi connectivity index (χ4v) is 1.72. The average Bonchev–Trinajstić information content (AvgIpc) is 2.39. The van der Waals surface area contributed by atoms with Gasteiger partial charge in [0.1, 0.15) is 5.75 Å². The second-order valence-corrected chi connectivity index (χ2v) is 4.53. The lowest BCUT2D eigenvalue weighted by Gasteiger charge is -2.02. The number of benzene rings is 1. The van der Waals surface area contributed by atoms with E-state index in [1.54, 1.807) is 24.4 Å². The number of phenolic OH excluding ortho intramolecular Hbond substituents is 1. The maximum absolute atomic E-state index is 11.7. The minimum Gasteiger partial charge on any atom is -0.507 e. The normalized spacial score (nSPS) is 10.6. The number of carbonyl (C=O) groups is 1. The van der Waals surface area contributed by atoms with Crippen LogP contribution in [-0.2, 0) is 0 Å². The molecule has 19 heavy (non-hydrogen) atoms. The van der Waals surface area contributed by atoms with E-state index in [9.17, 15) is 9.90 Å². The highest BCUT2D eigenvalue weighted by Gasteiger charge is 2.09. The Morgan fingerprint density at radius 1 is 1.37 bits per heavy atom. The molecule has 0 unspecified atom stereocenters. The van der Waals surface area contributed by atoms with E-state index in [-0.39, 0.29) is 11.3 Å². The lowest BCUT2D eigenvalue weighted by Crippen LogP contribution is -2.17. The average molecular weight is 320 g/mol. The summed E-state index contributed by atoms with van der Waals surface area (Å²) in [6.07, 6.45) is 3.05. The summed E-state index contributed by atoms with van der Waals surface area (Å²) in [6, 6.07) is 9.97. The molecule has 96 valence electrons. The first-order valence-electron chi connectivity index (χ1n) is 5.40. The van der Waals surface area contributed by atoms with Gasteiger partial charge < -0.3 is 5.11 Å². The van der Waals surface area contributed by atoms with Crippen molar-refractivity contribution >= 4 is 28.1 Å². The van der Waals surface area contributed by atoms with Crippen LogP contribution in [0.15, 0.2) is 52.2 Å². The van der Waals surface area contributed by atoms with Crippen LogP contribution >= 0.6 is 15.9 Å². The van der Waals surface area contributed by atoms with Crippen molar-refractivity contribution in [3.8, 4) is 5.75 Å². The van der Waals surface area contributed by atoms with Crippen LogP contribution in [0.2, 0.25) is 0 Å². The first-order chi connectivity index (χ1) is 9.16. The van der Waals surface area contributed by atoms with Crippen molar-refractivity contribution in [1.82, 2.24) is 10.4 Å². The maximum Gasteiger partial charge on any atom is 0.275 e. The summed E-state index contributed by atoms with van der Waals surface area (Å²) < 4.78 is 0.693.